The Balaban J connectivity index is 1.70. The van der Waals surface area contributed by atoms with Crippen LogP contribution in [0.5, 0.6) is 0 Å². The lowest BCUT2D eigenvalue weighted by molar-refractivity contribution is -0.132. The van der Waals surface area contributed by atoms with Gasteiger partial charge in [-0.2, -0.15) is 0 Å². The molecule has 124 valence electrons. The topological polar surface area (TPSA) is 78.5 Å². The van der Waals surface area contributed by atoms with Crippen molar-refractivity contribution in [3.63, 3.8) is 0 Å². The van der Waals surface area contributed by atoms with E-state index >= 15 is 0 Å². The number of nitrogens with one attached hydrogen (secondary N) is 2. The van der Waals surface area contributed by atoms with E-state index in [1.807, 2.05) is 6.07 Å². The first kappa shape index (κ1) is 17.0. The Morgan fingerprint density at radius 1 is 1.13 bits per heavy atom. The van der Waals surface area contributed by atoms with Crippen molar-refractivity contribution in [2.75, 3.05) is 19.6 Å². The molecule has 1 aliphatic rings. The molecular formula is C17H23N3O3. The molecule has 0 aliphatic carbocycles. The van der Waals surface area contributed by atoms with Gasteiger partial charge in [-0.1, -0.05) is 18.2 Å². The Hall–Kier alpha value is -2.37. The lowest BCUT2D eigenvalue weighted by Gasteiger charge is -2.17. The van der Waals surface area contributed by atoms with E-state index in [9.17, 15) is 14.4 Å². The molecule has 0 radical (unpaired) electrons. The molecule has 23 heavy (non-hydrogen) atoms. The normalized spacial score (nSPS) is 15.1. The van der Waals surface area contributed by atoms with Crippen molar-refractivity contribution in [3.8, 4) is 0 Å². The van der Waals surface area contributed by atoms with Crippen molar-refractivity contribution in [2.45, 2.75) is 32.2 Å². The molecule has 1 saturated heterocycles. The number of carbonyl (C=O) groups is 3. The summed E-state index contributed by atoms with van der Waals surface area (Å²) in [7, 11) is 0. The molecule has 1 heterocycles. The molecule has 2 N–H and O–H groups in total. The van der Waals surface area contributed by atoms with Gasteiger partial charge >= 0.3 is 0 Å². The van der Waals surface area contributed by atoms with Crippen molar-refractivity contribution in [2.24, 2.45) is 0 Å². The van der Waals surface area contributed by atoms with Crippen LogP contribution in [0.1, 0.15) is 36.5 Å². The summed E-state index contributed by atoms with van der Waals surface area (Å²) in [5, 5.41) is 5.40. The second kappa shape index (κ2) is 8.31. The zero-order valence-corrected chi connectivity index (χ0v) is 13.4. The van der Waals surface area contributed by atoms with Crippen LogP contribution >= 0.6 is 0 Å². The summed E-state index contributed by atoms with van der Waals surface area (Å²) in [6.45, 7) is 3.34. The molecule has 3 amide bonds. The van der Waals surface area contributed by atoms with E-state index in [1.165, 1.54) is 0 Å². The van der Waals surface area contributed by atoms with Crippen molar-refractivity contribution in [3.05, 3.63) is 35.9 Å². The molecule has 0 spiro atoms. The summed E-state index contributed by atoms with van der Waals surface area (Å²) in [6, 6.07) is 8.55. The van der Waals surface area contributed by atoms with Crippen LogP contribution in [0.2, 0.25) is 0 Å². The summed E-state index contributed by atoms with van der Waals surface area (Å²) in [5.74, 6) is -0.491. The number of likely N-dealkylation sites (tertiary alicyclic amines) is 1. The van der Waals surface area contributed by atoms with Crippen molar-refractivity contribution >= 4 is 17.7 Å². The number of hydrogen-bond acceptors (Lipinski definition) is 3. The monoisotopic (exact) mass is 317 g/mol. The molecule has 1 atom stereocenters. The quantitative estimate of drug-likeness (QED) is 0.819. The molecule has 1 fully saturated rings. The highest BCUT2D eigenvalue weighted by molar-refractivity contribution is 5.94. The van der Waals surface area contributed by atoms with Crippen LogP contribution in [-0.2, 0) is 9.59 Å². The molecule has 1 aromatic carbocycles. The third-order valence-corrected chi connectivity index (χ3v) is 3.80. The van der Waals surface area contributed by atoms with Gasteiger partial charge in [0.1, 0.15) is 0 Å². The first-order valence-corrected chi connectivity index (χ1v) is 7.96. The van der Waals surface area contributed by atoms with E-state index in [0.29, 0.717) is 5.56 Å². The summed E-state index contributed by atoms with van der Waals surface area (Å²) in [5.41, 5.74) is 0.559. The fraction of sp³-hybridized carbons (Fsp3) is 0.471. The van der Waals surface area contributed by atoms with Crippen LogP contribution < -0.4 is 10.6 Å². The molecular weight excluding hydrogens is 294 g/mol. The van der Waals surface area contributed by atoms with E-state index in [1.54, 1.807) is 36.1 Å². The van der Waals surface area contributed by atoms with Gasteiger partial charge in [-0.25, -0.2) is 0 Å². The van der Waals surface area contributed by atoms with Gasteiger partial charge in [0.05, 0.1) is 6.54 Å². The van der Waals surface area contributed by atoms with Gasteiger partial charge in [0.2, 0.25) is 11.8 Å². The Labute approximate surface area is 136 Å². The fourth-order valence-electron chi connectivity index (χ4n) is 2.55. The Bertz CT molecular complexity index is 553. The minimum atomic E-state index is -0.301. The molecule has 1 aromatic rings. The Kier molecular flexibility index (Phi) is 6.14. The number of rotatable bonds is 6. The van der Waals surface area contributed by atoms with Gasteiger partial charge in [0.25, 0.3) is 5.91 Å². The number of benzene rings is 1. The average molecular weight is 317 g/mol. The van der Waals surface area contributed by atoms with Gasteiger partial charge in [-0.05, 0) is 31.9 Å². The molecule has 0 bridgehead atoms. The van der Waals surface area contributed by atoms with Crippen molar-refractivity contribution in [1.82, 2.24) is 15.5 Å². The highest BCUT2D eigenvalue weighted by Crippen LogP contribution is 2.06. The second-order valence-corrected chi connectivity index (χ2v) is 5.81. The van der Waals surface area contributed by atoms with Gasteiger partial charge < -0.3 is 15.5 Å². The van der Waals surface area contributed by atoms with Gasteiger partial charge in [-0.3, -0.25) is 14.4 Å². The minimum Gasteiger partial charge on any atom is -0.349 e. The Morgan fingerprint density at radius 2 is 1.78 bits per heavy atom. The molecule has 1 aliphatic heterocycles. The van der Waals surface area contributed by atoms with Crippen LogP contribution in [0.4, 0.5) is 0 Å². The van der Waals surface area contributed by atoms with Crippen LogP contribution in [0, 0.1) is 0 Å². The smallest absolute Gasteiger partial charge is 0.251 e. The van der Waals surface area contributed by atoms with E-state index in [-0.39, 0.29) is 36.7 Å². The van der Waals surface area contributed by atoms with Crippen LogP contribution in [0.25, 0.3) is 0 Å². The number of carbonyl (C=O) groups excluding carboxylic acids is 3. The average Bonchev–Trinajstić information content (AvgIpc) is 3.07. The maximum atomic E-state index is 12.0. The van der Waals surface area contributed by atoms with Gasteiger partial charge in [-0.15, -0.1) is 0 Å². The number of nitrogens with zero attached hydrogens (tertiary/aromatic N) is 1. The highest BCUT2D eigenvalue weighted by Gasteiger charge is 2.19. The first-order valence-electron chi connectivity index (χ1n) is 7.96. The SMILES string of the molecule is CC(CC(=O)NCC(=O)N1CCCC1)NC(=O)c1ccccc1. The predicted octanol–water partition coefficient (Wildman–Crippen LogP) is 0.934. The molecule has 0 aromatic heterocycles. The van der Waals surface area contributed by atoms with Crippen molar-refractivity contribution < 1.29 is 14.4 Å². The predicted molar refractivity (Wildman–Crippen MR) is 86.8 cm³/mol. The van der Waals surface area contributed by atoms with Crippen molar-refractivity contribution in [1.29, 1.82) is 0 Å². The summed E-state index contributed by atoms with van der Waals surface area (Å²) < 4.78 is 0. The lowest BCUT2D eigenvalue weighted by atomic mass is 10.1. The largest absolute Gasteiger partial charge is 0.349 e. The second-order valence-electron chi connectivity index (χ2n) is 5.81. The first-order chi connectivity index (χ1) is 11.1. The van der Waals surface area contributed by atoms with E-state index in [4.69, 9.17) is 0 Å². The lowest BCUT2D eigenvalue weighted by Crippen LogP contribution is -2.41. The molecule has 6 heteroatoms. The van der Waals surface area contributed by atoms with E-state index in [2.05, 4.69) is 10.6 Å². The standard InChI is InChI=1S/C17H23N3O3/c1-13(19-17(23)14-7-3-2-4-8-14)11-15(21)18-12-16(22)20-9-5-6-10-20/h2-4,7-8,13H,5-6,9-12H2,1H3,(H,18,21)(H,19,23). The third-order valence-electron chi connectivity index (χ3n) is 3.80. The van der Waals surface area contributed by atoms with E-state index in [0.717, 1.165) is 25.9 Å². The summed E-state index contributed by atoms with van der Waals surface area (Å²) in [4.78, 5) is 37.4. The van der Waals surface area contributed by atoms with Crippen LogP contribution in [-0.4, -0.2) is 48.3 Å². The van der Waals surface area contributed by atoms with E-state index < -0.39 is 0 Å². The zero-order valence-electron chi connectivity index (χ0n) is 13.4. The van der Waals surface area contributed by atoms with Gasteiger partial charge in [0, 0.05) is 31.1 Å². The number of amides is 3. The van der Waals surface area contributed by atoms with Crippen LogP contribution in [0.15, 0.2) is 30.3 Å². The number of hydrogen-bond donors (Lipinski definition) is 2. The van der Waals surface area contributed by atoms with Gasteiger partial charge in [0.15, 0.2) is 0 Å². The molecule has 2 rings (SSSR count). The Morgan fingerprint density at radius 3 is 2.43 bits per heavy atom. The fourth-order valence-corrected chi connectivity index (χ4v) is 2.55. The highest BCUT2D eigenvalue weighted by atomic mass is 16.2. The molecule has 6 nitrogen and oxygen atoms in total. The summed E-state index contributed by atoms with van der Waals surface area (Å²) >= 11 is 0. The zero-order chi connectivity index (χ0) is 16.7. The van der Waals surface area contributed by atoms with Crippen LogP contribution in [0.3, 0.4) is 0 Å². The molecule has 1 unspecified atom stereocenters. The summed E-state index contributed by atoms with van der Waals surface area (Å²) in [6.07, 6.45) is 2.20. The third kappa shape index (κ3) is 5.39. The molecule has 0 saturated carbocycles. The minimum absolute atomic E-state index is 0.0260. The maximum absolute atomic E-state index is 12.0. The maximum Gasteiger partial charge on any atom is 0.251 e.